The second-order valence-electron chi connectivity index (χ2n) is 4.44. The van der Waals surface area contributed by atoms with E-state index in [1.165, 1.54) is 0 Å². The van der Waals surface area contributed by atoms with Gasteiger partial charge in [0.25, 0.3) is 0 Å². The molecule has 0 saturated carbocycles. The second kappa shape index (κ2) is 6.87. The van der Waals surface area contributed by atoms with Gasteiger partial charge in [-0.15, -0.1) is 0 Å². The number of hydrogen-bond acceptors (Lipinski definition) is 5. The number of ether oxygens (including phenoxy) is 2. The molecular formula is C14H20N2O3. The Labute approximate surface area is 113 Å². The number of rotatable bonds is 6. The van der Waals surface area contributed by atoms with Crippen LogP contribution in [0.1, 0.15) is 39.1 Å². The van der Waals surface area contributed by atoms with E-state index in [4.69, 9.17) is 9.47 Å². The molecule has 0 bridgehead atoms. The first kappa shape index (κ1) is 15.1. The molecule has 0 aromatic carbocycles. The van der Waals surface area contributed by atoms with E-state index in [9.17, 15) is 4.79 Å². The minimum Gasteiger partial charge on any atom is -0.501 e. The lowest BCUT2D eigenvalue weighted by atomic mass is 9.92. The molecule has 0 amide bonds. The summed E-state index contributed by atoms with van der Waals surface area (Å²) < 4.78 is 10.1. The zero-order chi connectivity index (χ0) is 14.3. The molecule has 104 valence electrons. The van der Waals surface area contributed by atoms with Crippen LogP contribution < -0.4 is 0 Å². The molecule has 0 radical (unpaired) electrons. The van der Waals surface area contributed by atoms with Crippen LogP contribution in [-0.4, -0.2) is 29.2 Å². The molecule has 0 atom stereocenters. The van der Waals surface area contributed by atoms with E-state index < -0.39 is 5.41 Å². The summed E-state index contributed by atoms with van der Waals surface area (Å²) in [6.07, 6.45) is 6.66. The third kappa shape index (κ3) is 4.05. The second-order valence-corrected chi connectivity index (χ2v) is 4.44. The molecular weight excluding hydrogens is 244 g/mol. The first-order chi connectivity index (χ1) is 9.02. The quantitative estimate of drug-likeness (QED) is 0.583. The highest BCUT2D eigenvalue weighted by Gasteiger charge is 2.34. The van der Waals surface area contributed by atoms with Gasteiger partial charge < -0.3 is 9.47 Å². The summed E-state index contributed by atoms with van der Waals surface area (Å²) in [7, 11) is 0. The number of carbonyl (C=O) groups is 1. The maximum absolute atomic E-state index is 11.8. The van der Waals surface area contributed by atoms with Crippen molar-refractivity contribution in [3.05, 3.63) is 30.0 Å². The lowest BCUT2D eigenvalue weighted by Gasteiger charge is -2.20. The monoisotopic (exact) mass is 264 g/mol. The summed E-state index contributed by atoms with van der Waals surface area (Å²) in [6, 6.07) is 0. The molecule has 19 heavy (non-hydrogen) atoms. The average Bonchev–Trinajstić information content (AvgIpc) is 2.40. The van der Waals surface area contributed by atoms with Gasteiger partial charge in [0.05, 0.1) is 19.5 Å². The number of nitrogens with zero attached hydrogens (tertiary/aromatic N) is 2. The van der Waals surface area contributed by atoms with Crippen LogP contribution in [0.4, 0.5) is 0 Å². The normalized spacial score (nSPS) is 11.6. The van der Waals surface area contributed by atoms with Crippen molar-refractivity contribution in [1.82, 2.24) is 9.97 Å². The van der Waals surface area contributed by atoms with Crippen molar-refractivity contribution in [2.75, 3.05) is 13.2 Å². The topological polar surface area (TPSA) is 61.3 Å². The average molecular weight is 264 g/mol. The van der Waals surface area contributed by atoms with Gasteiger partial charge >= 0.3 is 5.97 Å². The zero-order valence-corrected chi connectivity index (χ0v) is 11.8. The first-order valence-corrected chi connectivity index (χ1v) is 6.30. The Balaban J connectivity index is 2.83. The van der Waals surface area contributed by atoms with Gasteiger partial charge in [-0.25, -0.2) is 9.97 Å². The van der Waals surface area contributed by atoms with E-state index in [1.54, 1.807) is 45.5 Å². The van der Waals surface area contributed by atoms with E-state index >= 15 is 0 Å². The van der Waals surface area contributed by atoms with Gasteiger partial charge in [0, 0.05) is 18.0 Å². The Morgan fingerprint density at radius 3 is 2.42 bits per heavy atom. The Morgan fingerprint density at radius 1 is 1.26 bits per heavy atom. The van der Waals surface area contributed by atoms with Gasteiger partial charge in [0.1, 0.15) is 11.2 Å². The molecule has 5 nitrogen and oxygen atoms in total. The van der Waals surface area contributed by atoms with Gasteiger partial charge in [-0.2, -0.15) is 0 Å². The van der Waals surface area contributed by atoms with Crippen LogP contribution in [0.2, 0.25) is 0 Å². The molecule has 5 heteroatoms. The smallest absolute Gasteiger partial charge is 0.319 e. The summed E-state index contributed by atoms with van der Waals surface area (Å²) in [5.41, 5.74) is -0.0325. The van der Waals surface area contributed by atoms with E-state index in [1.807, 2.05) is 6.92 Å². The van der Waals surface area contributed by atoms with Crippen LogP contribution in [0.15, 0.2) is 18.7 Å². The van der Waals surface area contributed by atoms with Crippen molar-refractivity contribution < 1.29 is 14.3 Å². The highest BCUT2D eigenvalue weighted by Crippen LogP contribution is 2.21. The van der Waals surface area contributed by atoms with E-state index in [0.29, 0.717) is 19.0 Å². The van der Waals surface area contributed by atoms with Gasteiger partial charge in [-0.1, -0.05) is 0 Å². The molecule has 1 rings (SSSR count). The third-order valence-electron chi connectivity index (χ3n) is 2.54. The molecule has 1 aromatic heterocycles. The van der Waals surface area contributed by atoms with Crippen LogP contribution >= 0.6 is 0 Å². The Kier molecular flexibility index (Phi) is 5.48. The molecule has 0 fully saturated rings. The number of hydrogen-bond donors (Lipinski definition) is 0. The lowest BCUT2D eigenvalue weighted by Crippen LogP contribution is -2.33. The fourth-order valence-electron chi connectivity index (χ4n) is 1.37. The van der Waals surface area contributed by atoms with Crippen molar-refractivity contribution in [3.63, 3.8) is 0 Å². The maximum Gasteiger partial charge on any atom is 0.319 e. The van der Waals surface area contributed by atoms with Crippen LogP contribution in [0.25, 0.3) is 6.08 Å². The van der Waals surface area contributed by atoms with Crippen molar-refractivity contribution in [1.29, 1.82) is 0 Å². The van der Waals surface area contributed by atoms with Gasteiger partial charge in [-0.3, -0.25) is 4.79 Å². The summed E-state index contributed by atoms with van der Waals surface area (Å²) >= 11 is 0. The standard InChI is InChI=1S/C14H20N2O3/c1-5-18-8-7-11-9-15-12(16-10-11)14(3,4)13(17)19-6-2/h7-10H,5-6H2,1-4H3/b8-7+. The third-order valence-corrected chi connectivity index (χ3v) is 2.54. The van der Waals surface area contributed by atoms with Crippen molar-refractivity contribution in [3.8, 4) is 0 Å². The maximum atomic E-state index is 11.8. The first-order valence-electron chi connectivity index (χ1n) is 6.30. The van der Waals surface area contributed by atoms with Gasteiger partial charge in [0.15, 0.2) is 0 Å². The SMILES string of the molecule is CCO/C=C/c1cnc(C(C)(C)C(=O)OCC)nc1. The van der Waals surface area contributed by atoms with E-state index in [2.05, 4.69) is 9.97 Å². The van der Waals surface area contributed by atoms with Gasteiger partial charge in [-0.05, 0) is 33.8 Å². The molecule has 0 unspecified atom stereocenters. The number of carbonyl (C=O) groups excluding carboxylic acids is 1. The Hall–Kier alpha value is -1.91. The molecule has 0 spiro atoms. The summed E-state index contributed by atoms with van der Waals surface area (Å²) in [6.45, 7) is 8.14. The minimum atomic E-state index is -0.849. The molecule has 1 aromatic rings. The molecule has 0 N–H and O–H groups in total. The van der Waals surface area contributed by atoms with E-state index in [0.717, 1.165) is 5.56 Å². The summed E-state index contributed by atoms with van der Waals surface area (Å²) in [5.74, 6) is 0.118. The molecule has 0 saturated heterocycles. The largest absolute Gasteiger partial charge is 0.501 e. The fourth-order valence-corrected chi connectivity index (χ4v) is 1.37. The molecule has 0 aliphatic rings. The number of aromatic nitrogens is 2. The van der Waals surface area contributed by atoms with Crippen LogP contribution in [0.5, 0.6) is 0 Å². The fraction of sp³-hybridized carbons (Fsp3) is 0.500. The molecule has 0 aliphatic heterocycles. The highest BCUT2D eigenvalue weighted by atomic mass is 16.5. The van der Waals surface area contributed by atoms with E-state index in [-0.39, 0.29) is 5.97 Å². The Morgan fingerprint density at radius 2 is 1.89 bits per heavy atom. The summed E-state index contributed by atoms with van der Waals surface area (Å²) in [4.78, 5) is 20.3. The Bertz CT molecular complexity index is 439. The number of esters is 1. The van der Waals surface area contributed by atoms with Crippen LogP contribution in [0, 0.1) is 0 Å². The van der Waals surface area contributed by atoms with Crippen molar-refractivity contribution >= 4 is 12.0 Å². The van der Waals surface area contributed by atoms with Crippen molar-refractivity contribution in [2.45, 2.75) is 33.1 Å². The van der Waals surface area contributed by atoms with Crippen molar-refractivity contribution in [2.24, 2.45) is 0 Å². The van der Waals surface area contributed by atoms with Crippen LogP contribution in [0.3, 0.4) is 0 Å². The van der Waals surface area contributed by atoms with Gasteiger partial charge in [0.2, 0.25) is 0 Å². The minimum absolute atomic E-state index is 0.326. The summed E-state index contributed by atoms with van der Waals surface area (Å²) in [5, 5.41) is 0. The zero-order valence-electron chi connectivity index (χ0n) is 11.8. The molecule has 0 aliphatic carbocycles. The van der Waals surface area contributed by atoms with Crippen LogP contribution in [-0.2, 0) is 19.7 Å². The highest BCUT2D eigenvalue weighted by molar-refractivity contribution is 5.81. The predicted molar refractivity (Wildman–Crippen MR) is 72.4 cm³/mol. The lowest BCUT2D eigenvalue weighted by molar-refractivity contribution is -0.149. The predicted octanol–water partition coefficient (Wildman–Crippen LogP) is 2.32. The molecule has 1 heterocycles.